The minimum absolute atomic E-state index is 0.179. The highest BCUT2D eigenvalue weighted by molar-refractivity contribution is 7.88. The third-order valence-corrected chi connectivity index (χ3v) is 4.13. The van der Waals surface area contributed by atoms with E-state index >= 15 is 0 Å². The fraction of sp³-hybridized carbons (Fsp3) is 0.923. The maximum absolute atomic E-state index is 12.2. The standard InChI is InChI=1S/C13H26N2O4S/c1-9-7-8-15(12(16)19-13(3,4)5)10(2)11(9)14-20(6,17)18/h9-11,14H,7-8H2,1-6H3/t9-,10-,11-/m1/s1. The monoisotopic (exact) mass is 306 g/mol. The Morgan fingerprint density at radius 3 is 2.30 bits per heavy atom. The largest absolute Gasteiger partial charge is 0.444 e. The molecule has 1 saturated heterocycles. The van der Waals surface area contributed by atoms with E-state index in [0.29, 0.717) is 6.54 Å². The van der Waals surface area contributed by atoms with Crippen LogP contribution in [0.5, 0.6) is 0 Å². The van der Waals surface area contributed by atoms with Gasteiger partial charge in [0.1, 0.15) is 5.60 Å². The number of sulfonamides is 1. The average molecular weight is 306 g/mol. The lowest BCUT2D eigenvalue weighted by atomic mass is 9.88. The van der Waals surface area contributed by atoms with Crippen molar-refractivity contribution in [2.75, 3.05) is 12.8 Å². The summed E-state index contributed by atoms with van der Waals surface area (Å²) in [6.45, 7) is 9.87. The van der Waals surface area contributed by atoms with Gasteiger partial charge in [-0.25, -0.2) is 17.9 Å². The van der Waals surface area contributed by atoms with Crippen molar-refractivity contribution in [2.24, 2.45) is 5.92 Å². The molecule has 1 rings (SSSR count). The van der Waals surface area contributed by atoms with Crippen LogP contribution >= 0.6 is 0 Å². The maximum Gasteiger partial charge on any atom is 0.410 e. The van der Waals surface area contributed by atoms with Crippen molar-refractivity contribution in [3.63, 3.8) is 0 Å². The van der Waals surface area contributed by atoms with Gasteiger partial charge in [0.25, 0.3) is 0 Å². The molecule has 1 heterocycles. The van der Waals surface area contributed by atoms with E-state index in [9.17, 15) is 13.2 Å². The first-order valence-electron chi connectivity index (χ1n) is 6.87. The SMILES string of the molecule is C[C@@H]1CCN(C(=O)OC(C)(C)C)[C@H](C)[C@@H]1NS(C)(=O)=O. The van der Waals surface area contributed by atoms with E-state index in [1.165, 1.54) is 0 Å². The van der Waals surface area contributed by atoms with Crippen molar-refractivity contribution >= 4 is 16.1 Å². The summed E-state index contributed by atoms with van der Waals surface area (Å²) in [7, 11) is -3.30. The molecule has 3 atom stereocenters. The van der Waals surface area contributed by atoms with E-state index in [4.69, 9.17) is 4.74 Å². The third kappa shape index (κ3) is 4.94. The van der Waals surface area contributed by atoms with E-state index in [1.807, 2.05) is 34.6 Å². The molecular weight excluding hydrogens is 280 g/mol. The molecule has 20 heavy (non-hydrogen) atoms. The van der Waals surface area contributed by atoms with Crippen LogP contribution in [0.25, 0.3) is 0 Å². The van der Waals surface area contributed by atoms with Gasteiger partial charge in [0.05, 0.1) is 6.26 Å². The van der Waals surface area contributed by atoms with Crippen LogP contribution in [-0.4, -0.2) is 49.9 Å². The summed E-state index contributed by atoms with van der Waals surface area (Å²) >= 11 is 0. The summed E-state index contributed by atoms with van der Waals surface area (Å²) in [6.07, 6.45) is 1.49. The maximum atomic E-state index is 12.2. The second-order valence-corrected chi connectivity index (χ2v) is 8.38. The molecule has 0 unspecified atom stereocenters. The summed E-state index contributed by atoms with van der Waals surface area (Å²) in [5.74, 6) is 0.179. The normalized spacial score (nSPS) is 28.3. The molecule has 0 saturated carbocycles. The zero-order chi connectivity index (χ0) is 15.7. The second kappa shape index (κ2) is 5.89. The Bertz CT molecular complexity index is 455. The Kier molecular flexibility index (Phi) is 5.08. The fourth-order valence-corrected chi connectivity index (χ4v) is 3.36. The number of nitrogens with one attached hydrogen (secondary N) is 1. The topological polar surface area (TPSA) is 75.7 Å². The van der Waals surface area contributed by atoms with E-state index in [-0.39, 0.29) is 18.0 Å². The Balaban J connectivity index is 2.83. The molecule has 1 aliphatic rings. The quantitative estimate of drug-likeness (QED) is 0.840. The highest BCUT2D eigenvalue weighted by Crippen LogP contribution is 2.25. The van der Waals surface area contributed by atoms with Crippen LogP contribution < -0.4 is 4.72 Å². The third-order valence-electron chi connectivity index (χ3n) is 3.43. The van der Waals surface area contributed by atoms with Crippen LogP contribution in [0, 0.1) is 5.92 Å². The zero-order valence-electron chi connectivity index (χ0n) is 13.1. The molecule has 0 aromatic carbocycles. The molecule has 1 N–H and O–H groups in total. The van der Waals surface area contributed by atoms with Gasteiger partial charge in [0, 0.05) is 18.6 Å². The minimum Gasteiger partial charge on any atom is -0.444 e. The Morgan fingerprint density at radius 2 is 1.85 bits per heavy atom. The van der Waals surface area contributed by atoms with Crippen molar-refractivity contribution in [2.45, 2.75) is 58.7 Å². The number of carbonyl (C=O) groups excluding carboxylic acids is 1. The van der Waals surface area contributed by atoms with Gasteiger partial charge in [-0.15, -0.1) is 0 Å². The van der Waals surface area contributed by atoms with Gasteiger partial charge in [-0.1, -0.05) is 6.92 Å². The molecular formula is C13H26N2O4S. The van der Waals surface area contributed by atoms with Crippen molar-refractivity contribution in [3.8, 4) is 0 Å². The number of carbonyl (C=O) groups is 1. The number of nitrogens with zero attached hydrogens (tertiary/aromatic N) is 1. The molecule has 0 aromatic heterocycles. The van der Waals surface area contributed by atoms with Crippen LogP contribution in [0.15, 0.2) is 0 Å². The second-order valence-electron chi connectivity index (χ2n) is 6.60. The molecule has 118 valence electrons. The Morgan fingerprint density at radius 1 is 1.30 bits per heavy atom. The van der Waals surface area contributed by atoms with Crippen LogP contribution in [-0.2, 0) is 14.8 Å². The highest BCUT2D eigenvalue weighted by Gasteiger charge is 2.38. The molecule has 7 heteroatoms. The van der Waals surface area contributed by atoms with Gasteiger partial charge >= 0.3 is 6.09 Å². The summed E-state index contributed by atoms with van der Waals surface area (Å²) < 4.78 is 30.9. The van der Waals surface area contributed by atoms with Crippen molar-refractivity contribution in [3.05, 3.63) is 0 Å². The molecule has 1 fully saturated rings. The highest BCUT2D eigenvalue weighted by atomic mass is 32.2. The number of hydrogen-bond acceptors (Lipinski definition) is 4. The molecule has 0 bridgehead atoms. The van der Waals surface area contributed by atoms with Gasteiger partial charge < -0.3 is 9.64 Å². The predicted molar refractivity (Wildman–Crippen MR) is 78.0 cm³/mol. The molecule has 1 amide bonds. The van der Waals surface area contributed by atoms with Gasteiger partial charge in [0.2, 0.25) is 10.0 Å². The van der Waals surface area contributed by atoms with Crippen LogP contribution in [0.1, 0.15) is 41.0 Å². The molecule has 0 spiro atoms. The fourth-order valence-electron chi connectivity index (χ4n) is 2.44. The molecule has 1 aliphatic heterocycles. The van der Waals surface area contributed by atoms with Crippen molar-refractivity contribution in [1.82, 2.24) is 9.62 Å². The van der Waals surface area contributed by atoms with Crippen molar-refractivity contribution in [1.29, 1.82) is 0 Å². The van der Waals surface area contributed by atoms with Gasteiger partial charge in [-0.05, 0) is 40.0 Å². The van der Waals surface area contributed by atoms with Gasteiger partial charge in [0.15, 0.2) is 0 Å². The van der Waals surface area contributed by atoms with Gasteiger partial charge in [-0.2, -0.15) is 0 Å². The van der Waals surface area contributed by atoms with E-state index in [0.717, 1.165) is 12.7 Å². The first-order valence-corrected chi connectivity index (χ1v) is 8.77. The predicted octanol–water partition coefficient (Wildman–Crippen LogP) is 1.57. The summed E-state index contributed by atoms with van der Waals surface area (Å²) in [5.41, 5.74) is -0.556. The number of hydrogen-bond donors (Lipinski definition) is 1. The van der Waals surface area contributed by atoms with Crippen LogP contribution in [0.3, 0.4) is 0 Å². The molecule has 0 aromatic rings. The summed E-state index contributed by atoms with van der Waals surface area (Å²) in [5, 5.41) is 0. The smallest absolute Gasteiger partial charge is 0.410 e. The molecule has 0 radical (unpaired) electrons. The van der Waals surface area contributed by atoms with Crippen molar-refractivity contribution < 1.29 is 17.9 Å². The number of rotatable bonds is 2. The summed E-state index contributed by atoms with van der Waals surface area (Å²) in [6, 6.07) is -0.519. The van der Waals surface area contributed by atoms with Crippen LogP contribution in [0.4, 0.5) is 4.79 Å². The van der Waals surface area contributed by atoms with E-state index in [1.54, 1.807) is 4.90 Å². The number of ether oxygens (including phenoxy) is 1. The summed E-state index contributed by atoms with van der Waals surface area (Å²) in [4.78, 5) is 13.8. The lowest BCUT2D eigenvalue weighted by molar-refractivity contribution is 0.00277. The first-order chi connectivity index (χ1) is 8.91. The Labute approximate surface area is 121 Å². The number of likely N-dealkylation sites (tertiary alicyclic amines) is 1. The number of amides is 1. The van der Waals surface area contributed by atoms with Gasteiger partial charge in [-0.3, -0.25) is 0 Å². The van der Waals surface area contributed by atoms with Crippen LogP contribution in [0.2, 0.25) is 0 Å². The Hall–Kier alpha value is -0.820. The van der Waals surface area contributed by atoms with E-state index < -0.39 is 21.7 Å². The zero-order valence-corrected chi connectivity index (χ0v) is 14.0. The lowest BCUT2D eigenvalue weighted by Gasteiger charge is -2.43. The average Bonchev–Trinajstić information content (AvgIpc) is 2.20. The first kappa shape index (κ1) is 17.2. The van der Waals surface area contributed by atoms with E-state index in [2.05, 4.69) is 4.72 Å². The molecule has 6 nitrogen and oxygen atoms in total. The lowest BCUT2D eigenvalue weighted by Crippen LogP contribution is -2.59. The minimum atomic E-state index is -3.30. The molecule has 0 aliphatic carbocycles. The number of piperidine rings is 1.